The van der Waals surface area contributed by atoms with E-state index in [2.05, 4.69) is 10.2 Å². The predicted molar refractivity (Wildman–Crippen MR) is 150 cm³/mol. The number of aliphatic hydroxyl groups excluding tert-OH is 2. The Labute approximate surface area is 235 Å². The van der Waals surface area contributed by atoms with Gasteiger partial charge in [-0.2, -0.15) is 0 Å². The summed E-state index contributed by atoms with van der Waals surface area (Å²) in [5, 5.41) is 48.0. The Balaban J connectivity index is 1.87. The van der Waals surface area contributed by atoms with E-state index in [1.165, 1.54) is 6.07 Å². The third kappa shape index (κ3) is 4.82. The monoisotopic (exact) mass is 555 g/mol. The SMILES string of the molecule is CN(C)CCCc1ccc(O)c2c1C[C@H]1C[C@H]3[C@H](N(C)C)C(=O)C(C(=O)NC(C)(C)C)=C(O)[C@@]3(O)C(=O)C1=C2O. The van der Waals surface area contributed by atoms with E-state index in [0.717, 1.165) is 24.1 Å². The van der Waals surface area contributed by atoms with Gasteiger partial charge in [-0.3, -0.25) is 19.3 Å². The molecule has 1 fully saturated rings. The summed E-state index contributed by atoms with van der Waals surface area (Å²) in [4.78, 5) is 44.5. The second-order valence-corrected chi connectivity index (χ2v) is 12.8. The number of amides is 1. The van der Waals surface area contributed by atoms with E-state index < -0.39 is 63.6 Å². The molecular weight excluding hydrogens is 514 g/mol. The van der Waals surface area contributed by atoms with Gasteiger partial charge in [0.15, 0.2) is 11.4 Å². The number of rotatable bonds is 6. The largest absolute Gasteiger partial charge is 0.508 e. The zero-order valence-corrected chi connectivity index (χ0v) is 24.3. The molecule has 0 aromatic heterocycles. The average molecular weight is 556 g/mol. The van der Waals surface area contributed by atoms with E-state index in [-0.39, 0.29) is 23.3 Å². The maximum absolute atomic E-state index is 14.1. The van der Waals surface area contributed by atoms with Crippen LogP contribution in [0.4, 0.5) is 0 Å². The Hall–Kier alpha value is -3.21. The summed E-state index contributed by atoms with van der Waals surface area (Å²) >= 11 is 0. The van der Waals surface area contributed by atoms with Crippen molar-refractivity contribution in [2.24, 2.45) is 11.8 Å². The third-order valence-electron chi connectivity index (χ3n) is 8.22. The number of nitrogens with zero attached hydrogens (tertiary/aromatic N) is 2. The molecule has 1 aromatic rings. The smallest absolute Gasteiger partial charge is 0.258 e. The number of aliphatic hydroxyl groups is 3. The standard InChI is InChI=1S/C30H41N3O7/c1-29(2,3)31-28(39)22-25(36)23(33(6)7)18-14-16-13-17-15(9-8-12-32(4)5)10-11-19(34)21(17)24(35)20(16)26(37)30(18,40)27(22)38/h10-11,16,18,23,34-35,38,40H,8-9,12-14H2,1-7H3,(H,31,39)/t16-,18-,23-,30-/m0/s1. The zero-order valence-electron chi connectivity index (χ0n) is 24.3. The minimum atomic E-state index is -2.61. The molecule has 0 heterocycles. The fraction of sp³-hybridized carbons (Fsp3) is 0.567. The Morgan fingerprint density at radius 1 is 1.10 bits per heavy atom. The first-order valence-electron chi connectivity index (χ1n) is 13.7. The number of nitrogens with one attached hydrogen (secondary N) is 1. The summed E-state index contributed by atoms with van der Waals surface area (Å²) in [5.74, 6) is -5.80. The van der Waals surface area contributed by atoms with Crippen molar-refractivity contribution in [2.75, 3.05) is 34.7 Å². The van der Waals surface area contributed by atoms with Crippen LogP contribution < -0.4 is 5.32 Å². The normalized spacial score (nSPS) is 26.7. The maximum Gasteiger partial charge on any atom is 0.258 e. The molecule has 0 bridgehead atoms. The summed E-state index contributed by atoms with van der Waals surface area (Å²) < 4.78 is 0. The number of hydrogen-bond donors (Lipinski definition) is 5. The second-order valence-electron chi connectivity index (χ2n) is 12.8. The van der Waals surface area contributed by atoms with Gasteiger partial charge in [0.25, 0.3) is 5.91 Å². The van der Waals surface area contributed by atoms with Crippen LogP contribution in [0.5, 0.6) is 5.75 Å². The molecule has 1 aromatic carbocycles. The summed E-state index contributed by atoms with van der Waals surface area (Å²) in [5.41, 5.74) is -2.31. The number of fused-ring (bicyclic) bond motifs is 3. The van der Waals surface area contributed by atoms with Crippen molar-refractivity contribution in [3.63, 3.8) is 0 Å². The van der Waals surface area contributed by atoms with Crippen LogP contribution in [0.1, 0.15) is 50.3 Å². The van der Waals surface area contributed by atoms with Crippen molar-refractivity contribution in [1.29, 1.82) is 0 Å². The van der Waals surface area contributed by atoms with Crippen molar-refractivity contribution < 1.29 is 34.8 Å². The second kappa shape index (κ2) is 10.3. The zero-order chi connectivity index (χ0) is 29.9. The summed E-state index contributed by atoms with van der Waals surface area (Å²) in [6.45, 7) is 5.97. The van der Waals surface area contributed by atoms with E-state index in [9.17, 15) is 34.8 Å². The van der Waals surface area contributed by atoms with E-state index >= 15 is 0 Å². The topological polar surface area (TPSA) is 151 Å². The molecule has 4 rings (SSSR count). The lowest BCUT2D eigenvalue weighted by atomic mass is 9.57. The van der Waals surface area contributed by atoms with Gasteiger partial charge in [0.1, 0.15) is 22.8 Å². The van der Waals surface area contributed by atoms with Gasteiger partial charge in [-0.05, 0) is 104 Å². The van der Waals surface area contributed by atoms with Crippen LogP contribution in [0.3, 0.4) is 0 Å². The van der Waals surface area contributed by atoms with Gasteiger partial charge in [0.05, 0.1) is 11.6 Å². The van der Waals surface area contributed by atoms with Gasteiger partial charge < -0.3 is 30.6 Å². The minimum Gasteiger partial charge on any atom is -0.508 e. The number of ketones is 2. The number of likely N-dealkylation sites (N-methyl/N-ethyl adjacent to an activating group) is 1. The van der Waals surface area contributed by atoms with Crippen LogP contribution >= 0.6 is 0 Å². The van der Waals surface area contributed by atoms with Gasteiger partial charge in [-0.15, -0.1) is 0 Å². The van der Waals surface area contributed by atoms with Gasteiger partial charge >= 0.3 is 0 Å². The van der Waals surface area contributed by atoms with E-state index in [1.807, 2.05) is 20.2 Å². The fourth-order valence-corrected chi connectivity index (χ4v) is 6.51. The number of benzene rings is 1. The van der Waals surface area contributed by atoms with Gasteiger partial charge in [0.2, 0.25) is 5.78 Å². The Morgan fingerprint density at radius 3 is 2.33 bits per heavy atom. The van der Waals surface area contributed by atoms with Crippen LogP contribution in [0.2, 0.25) is 0 Å². The molecular formula is C30H41N3O7. The molecule has 10 nitrogen and oxygen atoms in total. The molecule has 1 saturated carbocycles. The van der Waals surface area contributed by atoms with Gasteiger partial charge in [-0.25, -0.2) is 0 Å². The molecule has 0 radical (unpaired) electrons. The number of carbonyl (C=O) groups is 3. The summed E-state index contributed by atoms with van der Waals surface area (Å²) in [6.07, 6.45) is 1.96. The lowest BCUT2D eigenvalue weighted by Gasteiger charge is -2.50. The number of hydrogen-bond acceptors (Lipinski definition) is 9. The number of aromatic hydroxyl groups is 1. The first-order valence-corrected chi connectivity index (χ1v) is 13.7. The van der Waals surface area contributed by atoms with Gasteiger partial charge in [0, 0.05) is 17.0 Å². The van der Waals surface area contributed by atoms with E-state index in [0.29, 0.717) is 12.8 Å². The highest BCUT2D eigenvalue weighted by atomic mass is 16.3. The van der Waals surface area contributed by atoms with Crippen LogP contribution in [0.15, 0.2) is 29.0 Å². The van der Waals surface area contributed by atoms with Crippen LogP contribution in [0, 0.1) is 11.8 Å². The summed E-state index contributed by atoms with van der Waals surface area (Å²) in [6, 6.07) is 2.24. The highest BCUT2D eigenvalue weighted by Gasteiger charge is 2.64. The fourth-order valence-electron chi connectivity index (χ4n) is 6.51. The Kier molecular flexibility index (Phi) is 7.68. The molecule has 4 atom stereocenters. The first-order chi connectivity index (χ1) is 18.5. The first kappa shape index (κ1) is 29.8. The Bertz CT molecular complexity index is 1320. The number of carbonyl (C=O) groups excluding carboxylic acids is 3. The molecule has 218 valence electrons. The van der Waals surface area contributed by atoms with Gasteiger partial charge in [-0.1, -0.05) is 6.07 Å². The molecule has 10 heteroatoms. The molecule has 5 N–H and O–H groups in total. The molecule has 40 heavy (non-hydrogen) atoms. The molecule has 0 saturated heterocycles. The third-order valence-corrected chi connectivity index (χ3v) is 8.22. The highest BCUT2D eigenvalue weighted by Crippen LogP contribution is 2.53. The number of Topliss-reactive ketones (excluding diaryl/α,β-unsaturated/α-hetero) is 2. The number of aryl methyl sites for hydroxylation is 1. The van der Waals surface area contributed by atoms with Crippen LogP contribution in [0.25, 0.3) is 5.76 Å². The number of phenols is 1. The molecule has 0 unspecified atom stereocenters. The number of phenolic OH excluding ortho intramolecular Hbond substituents is 1. The molecule has 0 spiro atoms. The summed E-state index contributed by atoms with van der Waals surface area (Å²) in [7, 11) is 7.21. The van der Waals surface area contributed by atoms with Crippen LogP contribution in [-0.4, -0.2) is 99.6 Å². The Morgan fingerprint density at radius 2 is 1.75 bits per heavy atom. The molecule has 3 aliphatic rings. The van der Waals surface area contributed by atoms with Crippen molar-refractivity contribution >= 4 is 23.2 Å². The van der Waals surface area contributed by atoms with Crippen molar-refractivity contribution in [3.05, 3.63) is 45.7 Å². The van der Waals surface area contributed by atoms with E-state index in [4.69, 9.17) is 0 Å². The quantitative estimate of drug-likeness (QED) is 0.332. The van der Waals surface area contributed by atoms with Crippen molar-refractivity contribution in [3.8, 4) is 5.75 Å². The van der Waals surface area contributed by atoms with Crippen molar-refractivity contribution in [1.82, 2.24) is 15.1 Å². The average Bonchev–Trinajstić information content (AvgIpc) is 2.81. The van der Waals surface area contributed by atoms with Crippen LogP contribution in [-0.2, 0) is 27.2 Å². The van der Waals surface area contributed by atoms with Crippen molar-refractivity contribution in [2.45, 2.75) is 63.6 Å². The molecule has 1 amide bonds. The molecule has 0 aliphatic heterocycles. The highest BCUT2D eigenvalue weighted by molar-refractivity contribution is 6.25. The lowest BCUT2D eigenvalue weighted by Crippen LogP contribution is -2.66. The molecule has 3 aliphatic carbocycles. The predicted octanol–water partition coefficient (Wildman–Crippen LogP) is 1.89. The lowest BCUT2D eigenvalue weighted by molar-refractivity contribution is -0.153. The maximum atomic E-state index is 14.1. The van der Waals surface area contributed by atoms with E-state index in [1.54, 1.807) is 39.8 Å². The minimum absolute atomic E-state index is 0.0979.